The van der Waals surface area contributed by atoms with Gasteiger partial charge >= 0.3 is 5.97 Å². The summed E-state index contributed by atoms with van der Waals surface area (Å²) in [5.74, 6) is -0.565. The van der Waals surface area contributed by atoms with E-state index in [9.17, 15) is 9.90 Å². The number of thiophene rings is 1. The highest BCUT2D eigenvalue weighted by atomic mass is 35.5. The number of carbonyl (C=O) groups is 1. The van der Waals surface area contributed by atoms with Gasteiger partial charge in [0, 0.05) is 17.2 Å². The summed E-state index contributed by atoms with van der Waals surface area (Å²) < 4.78 is 16.2. The molecule has 2 radical (unpaired) electrons. The quantitative estimate of drug-likeness (QED) is 0.183. The first-order valence-electron chi connectivity index (χ1n) is 8.36. The fourth-order valence-electron chi connectivity index (χ4n) is 2.63. The van der Waals surface area contributed by atoms with E-state index in [0.29, 0.717) is 49.5 Å². The van der Waals surface area contributed by atoms with Gasteiger partial charge in [0.1, 0.15) is 18.4 Å². The van der Waals surface area contributed by atoms with Gasteiger partial charge in [0.15, 0.2) is 22.6 Å². The molecule has 0 aliphatic heterocycles. The second-order valence-electron chi connectivity index (χ2n) is 5.63. The van der Waals surface area contributed by atoms with Gasteiger partial charge in [-0.05, 0) is 25.3 Å². The van der Waals surface area contributed by atoms with Crippen molar-refractivity contribution in [2.24, 2.45) is 0 Å². The first kappa shape index (κ1) is 21.7. The Morgan fingerprint density at radius 3 is 2.76 bits per heavy atom. The molecule has 7 nitrogen and oxygen atoms in total. The lowest BCUT2D eigenvalue weighted by molar-refractivity contribution is 0.0226. The maximum Gasteiger partial charge on any atom is 0.349 e. The Kier molecular flexibility index (Phi) is 6.89. The van der Waals surface area contributed by atoms with Crippen LogP contribution in [0.5, 0.6) is 11.5 Å². The largest absolute Gasteiger partial charge is 0.497 e. The van der Waals surface area contributed by atoms with Gasteiger partial charge in [0.2, 0.25) is 0 Å². The van der Waals surface area contributed by atoms with Crippen LogP contribution in [0, 0.1) is 0 Å². The predicted octanol–water partition coefficient (Wildman–Crippen LogP) is 3.61. The molecule has 0 fully saturated rings. The second kappa shape index (κ2) is 9.21. The minimum Gasteiger partial charge on any atom is -0.497 e. The molecule has 0 atom stereocenters. The van der Waals surface area contributed by atoms with Gasteiger partial charge < -0.3 is 19.3 Å². The van der Waals surface area contributed by atoms with Gasteiger partial charge in [0.25, 0.3) is 0 Å². The number of hydrogen-bond donors (Lipinski definition) is 1. The molecule has 11 heteroatoms. The van der Waals surface area contributed by atoms with Crippen molar-refractivity contribution in [1.82, 2.24) is 9.97 Å². The molecule has 0 saturated carbocycles. The van der Waals surface area contributed by atoms with Crippen molar-refractivity contribution in [1.29, 1.82) is 0 Å². The molecule has 2 aromatic heterocycles. The average molecular weight is 451 g/mol. The number of aromatic nitrogens is 2. The van der Waals surface area contributed by atoms with Gasteiger partial charge in [-0.1, -0.05) is 28.8 Å². The summed E-state index contributed by atoms with van der Waals surface area (Å²) in [6.07, 6.45) is 1.83. The highest BCUT2D eigenvalue weighted by molar-refractivity contribution is 7.98. The first-order chi connectivity index (χ1) is 13.9. The number of thioether (sulfide) groups is 1. The number of aromatic carboxylic acids is 1. The summed E-state index contributed by atoms with van der Waals surface area (Å²) in [6.45, 7) is 2.13. The van der Waals surface area contributed by atoms with E-state index in [4.69, 9.17) is 33.7 Å². The lowest BCUT2D eigenvalue weighted by Gasteiger charge is -2.13. The van der Waals surface area contributed by atoms with Crippen molar-refractivity contribution < 1.29 is 24.1 Å². The number of hydrogen-bond acceptors (Lipinski definition) is 8. The Balaban J connectivity index is 2.34. The lowest BCUT2D eigenvalue weighted by Crippen LogP contribution is -2.08. The zero-order valence-electron chi connectivity index (χ0n) is 15.8. The Morgan fingerprint density at radius 1 is 1.38 bits per heavy atom. The van der Waals surface area contributed by atoms with Crippen molar-refractivity contribution in [3.8, 4) is 22.8 Å². The van der Waals surface area contributed by atoms with Crippen molar-refractivity contribution in [2.75, 3.05) is 26.8 Å². The Bertz CT molecular complexity index is 1080. The molecule has 29 heavy (non-hydrogen) atoms. The predicted molar refractivity (Wildman–Crippen MR) is 116 cm³/mol. The van der Waals surface area contributed by atoms with Crippen molar-refractivity contribution >= 4 is 64.2 Å². The Labute approximate surface area is 181 Å². The molecule has 3 aromatic rings. The topological polar surface area (TPSA) is 90.8 Å². The standard InChI is InChI=1S/C18H16BClN2O5S2/c1-4-26-7-27-14-12-13(8-5-11(25-2)9(19)6-10(8)20)21-18(28-3)22-16(12)29-15(14)17(23)24/h5-6H,4,7H2,1-3H3,(H,23,24). The third kappa shape index (κ3) is 4.30. The van der Waals surface area contributed by atoms with Crippen LogP contribution in [0.3, 0.4) is 0 Å². The van der Waals surface area contributed by atoms with Crippen LogP contribution >= 0.6 is 34.7 Å². The average Bonchev–Trinajstić information content (AvgIpc) is 3.06. The lowest BCUT2D eigenvalue weighted by atomic mass is 9.92. The fourth-order valence-corrected chi connectivity index (χ4v) is 4.27. The molecule has 2 heterocycles. The van der Waals surface area contributed by atoms with E-state index in [-0.39, 0.29) is 17.4 Å². The molecule has 0 saturated heterocycles. The van der Waals surface area contributed by atoms with Gasteiger partial charge in [-0.3, -0.25) is 0 Å². The molecule has 0 amide bonds. The molecule has 0 unspecified atom stereocenters. The summed E-state index contributed by atoms with van der Waals surface area (Å²) in [5.41, 5.74) is 1.33. The number of carboxylic acid groups (broad SMARTS) is 1. The molecule has 0 aliphatic rings. The Morgan fingerprint density at radius 2 is 2.14 bits per heavy atom. The highest BCUT2D eigenvalue weighted by Crippen LogP contribution is 2.44. The van der Waals surface area contributed by atoms with Gasteiger partial charge in [-0.25, -0.2) is 14.8 Å². The normalized spacial score (nSPS) is 11.0. The van der Waals surface area contributed by atoms with Crippen molar-refractivity contribution in [3.05, 3.63) is 22.0 Å². The van der Waals surface area contributed by atoms with Crippen LogP contribution in [0.1, 0.15) is 16.6 Å². The first-order valence-corrected chi connectivity index (χ1v) is 10.8. The van der Waals surface area contributed by atoms with Crippen LogP contribution in [-0.2, 0) is 4.74 Å². The van der Waals surface area contributed by atoms with E-state index < -0.39 is 5.97 Å². The zero-order chi connectivity index (χ0) is 21.1. The van der Waals surface area contributed by atoms with Crippen molar-refractivity contribution in [2.45, 2.75) is 12.1 Å². The molecule has 0 spiro atoms. The van der Waals surface area contributed by atoms with Crippen LogP contribution in [0.4, 0.5) is 0 Å². The zero-order valence-corrected chi connectivity index (χ0v) is 18.2. The summed E-state index contributed by atoms with van der Waals surface area (Å²) in [6, 6.07) is 3.22. The second-order valence-corrected chi connectivity index (χ2v) is 7.81. The van der Waals surface area contributed by atoms with E-state index in [0.717, 1.165) is 11.3 Å². The number of fused-ring (bicyclic) bond motifs is 1. The summed E-state index contributed by atoms with van der Waals surface area (Å²) in [7, 11) is 7.44. The van der Waals surface area contributed by atoms with Crippen LogP contribution in [0.25, 0.3) is 21.5 Å². The highest BCUT2D eigenvalue weighted by Gasteiger charge is 2.26. The molecular weight excluding hydrogens is 435 g/mol. The number of nitrogens with zero attached hydrogens (tertiary/aromatic N) is 2. The van der Waals surface area contributed by atoms with Crippen LogP contribution in [-0.4, -0.2) is 55.7 Å². The molecule has 0 bridgehead atoms. The fraction of sp³-hybridized carbons (Fsp3) is 0.278. The van der Waals surface area contributed by atoms with E-state index in [1.807, 2.05) is 13.2 Å². The van der Waals surface area contributed by atoms with Crippen molar-refractivity contribution in [3.63, 3.8) is 0 Å². The smallest absolute Gasteiger partial charge is 0.349 e. The number of benzene rings is 1. The van der Waals surface area contributed by atoms with E-state index >= 15 is 0 Å². The third-order valence-electron chi connectivity index (χ3n) is 3.93. The number of methoxy groups -OCH3 is 1. The third-order valence-corrected chi connectivity index (χ3v) is 5.84. The molecular formula is C18H16BClN2O5S2. The monoisotopic (exact) mass is 450 g/mol. The molecule has 3 rings (SSSR count). The summed E-state index contributed by atoms with van der Waals surface area (Å²) in [5, 5.41) is 10.9. The molecule has 1 aromatic carbocycles. The van der Waals surface area contributed by atoms with Gasteiger partial charge in [-0.15, -0.1) is 11.3 Å². The minimum atomic E-state index is -1.13. The van der Waals surface area contributed by atoms with E-state index in [1.165, 1.54) is 18.9 Å². The summed E-state index contributed by atoms with van der Waals surface area (Å²) in [4.78, 5) is 21.3. The molecule has 1 N–H and O–H groups in total. The van der Waals surface area contributed by atoms with Crippen LogP contribution < -0.4 is 14.9 Å². The summed E-state index contributed by atoms with van der Waals surface area (Å²) >= 11 is 8.79. The van der Waals surface area contributed by atoms with Gasteiger partial charge in [-0.2, -0.15) is 0 Å². The number of rotatable bonds is 8. The maximum atomic E-state index is 11.8. The SMILES string of the molecule is [B]c1cc(Cl)c(-c2nc(SC)nc3sc(C(=O)O)c(OCOCC)c23)cc1OC. The minimum absolute atomic E-state index is 0.00652. The van der Waals surface area contributed by atoms with Crippen LogP contribution in [0.2, 0.25) is 5.02 Å². The number of halogens is 1. The number of carboxylic acids is 1. The number of ether oxygens (including phenoxy) is 3. The Hall–Kier alpha value is -2.01. The van der Waals surface area contributed by atoms with Gasteiger partial charge in [0.05, 0.1) is 18.2 Å². The molecule has 0 aliphatic carbocycles. The maximum absolute atomic E-state index is 11.8. The van der Waals surface area contributed by atoms with Crippen LogP contribution in [0.15, 0.2) is 17.3 Å². The molecule has 150 valence electrons. The van der Waals surface area contributed by atoms with E-state index in [1.54, 1.807) is 12.1 Å². The van der Waals surface area contributed by atoms with E-state index in [2.05, 4.69) is 9.97 Å².